The molecule has 0 aromatic heterocycles. The van der Waals surface area contributed by atoms with Crippen LogP contribution in [0.15, 0.2) is 0 Å². The van der Waals surface area contributed by atoms with Crippen LogP contribution in [0.5, 0.6) is 0 Å². The third kappa shape index (κ3) is 5.54. The lowest BCUT2D eigenvalue weighted by molar-refractivity contribution is -0.132. The number of carbonyl (C=O) groups is 2. The molecule has 0 aromatic carbocycles. The number of thiocarbonyl (C=S) groups is 1. The molecule has 0 aliphatic carbocycles. The minimum atomic E-state index is -0.288. The van der Waals surface area contributed by atoms with Gasteiger partial charge in [-0.05, 0) is 33.0 Å². The van der Waals surface area contributed by atoms with Gasteiger partial charge >= 0.3 is 0 Å². The van der Waals surface area contributed by atoms with E-state index in [0.29, 0.717) is 16.7 Å². The van der Waals surface area contributed by atoms with Crippen LogP contribution < -0.4 is 16.2 Å². The van der Waals surface area contributed by atoms with Gasteiger partial charge in [0, 0.05) is 5.54 Å². The molecule has 8 heteroatoms. The molecule has 1 aliphatic heterocycles. The van der Waals surface area contributed by atoms with E-state index in [1.165, 1.54) is 16.7 Å². The zero-order chi connectivity index (χ0) is 13.8. The Morgan fingerprint density at radius 1 is 1.44 bits per heavy atom. The van der Waals surface area contributed by atoms with Crippen molar-refractivity contribution in [2.45, 2.75) is 26.3 Å². The lowest BCUT2D eigenvalue weighted by Crippen LogP contribution is -2.53. The number of nitrogens with one attached hydrogen (secondary N) is 3. The minimum absolute atomic E-state index is 0.00876. The highest BCUT2D eigenvalue weighted by Gasteiger charge is 2.22. The summed E-state index contributed by atoms with van der Waals surface area (Å²) >= 11 is 6.51. The van der Waals surface area contributed by atoms with Crippen molar-refractivity contribution in [1.29, 1.82) is 0 Å². The fourth-order valence-corrected chi connectivity index (χ4v) is 2.51. The van der Waals surface area contributed by atoms with Crippen molar-refractivity contribution < 1.29 is 9.59 Å². The fourth-order valence-electron chi connectivity index (χ4n) is 1.25. The number of carbonyl (C=O) groups excluding carboxylic acids is 2. The minimum Gasteiger partial charge on any atom is -0.357 e. The highest BCUT2D eigenvalue weighted by atomic mass is 32.2. The number of rotatable bonds is 2. The van der Waals surface area contributed by atoms with Gasteiger partial charge in [0.25, 0.3) is 5.91 Å². The van der Waals surface area contributed by atoms with E-state index in [-0.39, 0.29) is 23.9 Å². The van der Waals surface area contributed by atoms with Crippen molar-refractivity contribution in [3.05, 3.63) is 0 Å². The summed E-state index contributed by atoms with van der Waals surface area (Å²) in [5.41, 5.74) is 4.89. The molecule has 18 heavy (non-hydrogen) atoms. The molecule has 1 fully saturated rings. The molecule has 0 spiro atoms. The summed E-state index contributed by atoms with van der Waals surface area (Å²) in [6.45, 7) is 5.94. The van der Waals surface area contributed by atoms with E-state index < -0.39 is 0 Å². The van der Waals surface area contributed by atoms with Crippen LogP contribution in [0.4, 0.5) is 0 Å². The first-order valence-corrected chi connectivity index (χ1v) is 7.07. The molecule has 0 saturated carbocycles. The normalized spacial score (nSPS) is 15.5. The Morgan fingerprint density at radius 2 is 2.11 bits per heavy atom. The number of amides is 2. The molecule has 6 nitrogen and oxygen atoms in total. The van der Waals surface area contributed by atoms with Crippen LogP contribution >= 0.6 is 24.0 Å². The molecule has 0 radical (unpaired) electrons. The molecule has 1 aliphatic rings. The van der Waals surface area contributed by atoms with Crippen LogP contribution in [0.1, 0.15) is 20.8 Å². The Labute approximate surface area is 116 Å². The Kier molecular flexibility index (Phi) is 5.21. The van der Waals surface area contributed by atoms with Crippen LogP contribution in [0.25, 0.3) is 0 Å². The number of hydrazine groups is 1. The fraction of sp³-hybridized carbons (Fsp3) is 0.700. The van der Waals surface area contributed by atoms with Crippen molar-refractivity contribution in [2.24, 2.45) is 0 Å². The molecule has 0 bridgehead atoms. The lowest BCUT2D eigenvalue weighted by Gasteiger charge is -2.23. The van der Waals surface area contributed by atoms with Crippen LogP contribution in [-0.2, 0) is 9.59 Å². The van der Waals surface area contributed by atoms with Gasteiger partial charge in [0.15, 0.2) is 5.11 Å². The van der Waals surface area contributed by atoms with E-state index in [1.807, 2.05) is 20.8 Å². The summed E-state index contributed by atoms with van der Waals surface area (Å²) in [4.78, 5) is 24.4. The van der Waals surface area contributed by atoms with Crippen LogP contribution in [0, 0.1) is 0 Å². The first kappa shape index (κ1) is 15.0. The van der Waals surface area contributed by atoms with Crippen molar-refractivity contribution in [3.8, 4) is 0 Å². The molecule has 1 rings (SSSR count). The van der Waals surface area contributed by atoms with Gasteiger partial charge in [-0.1, -0.05) is 0 Å². The lowest BCUT2D eigenvalue weighted by atomic mass is 10.1. The zero-order valence-corrected chi connectivity index (χ0v) is 12.3. The first-order chi connectivity index (χ1) is 8.28. The number of hydrogen-bond donors (Lipinski definition) is 3. The second-order valence-corrected chi connectivity index (χ2v) is 6.31. The second kappa shape index (κ2) is 6.24. The van der Waals surface area contributed by atoms with E-state index in [4.69, 9.17) is 12.2 Å². The molecule has 0 aromatic rings. The highest BCUT2D eigenvalue weighted by molar-refractivity contribution is 8.00. The summed E-state index contributed by atoms with van der Waals surface area (Å²) in [6.07, 6.45) is 0. The van der Waals surface area contributed by atoms with E-state index in [2.05, 4.69) is 16.2 Å². The third-order valence-corrected chi connectivity index (χ3v) is 3.11. The molecule has 0 atom stereocenters. The summed E-state index contributed by atoms with van der Waals surface area (Å²) < 4.78 is 0. The van der Waals surface area contributed by atoms with E-state index in [1.54, 1.807) is 0 Å². The summed E-state index contributed by atoms with van der Waals surface area (Å²) in [7, 11) is 0. The predicted molar refractivity (Wildman–Crippen MR) is 75.8 cm³/mol. The van der Waals surface area contributed by atoms with Gasteiger partial charge in [-0.2, -0.15) is 0 Å². The van der Waals surface area contributed by atoms with Crippen molar-refractivity contribution in [1.82, 2.24) is 21.1 Å². The highest BCUT2D eigenvalue weighted by Crippen LogP contribution is 2.13. The average molecular weight is 290 g/mol. The number of thioether (sulfide) groups is 1. The van der Waals surface area contributed by atoms with Crippen LogP contribution in [0.2, 0.25) is 0 Å². The number of nitrogens with zero attached hydrogens (tertiary/aromatic N) is 1. The maximum absolute atomic E-state index is 11.6. The largest absolute Gasteiger partial charge is 0.357 e. The Balaban J connectivity index is 2.25. The number of hydrogen-bond acceptors (Lipinski definition) is 4. The Bertz CT molecular complexity index is 354. The summed E-state index contributed by atoms with van der Waals surface area (Å²) in [6, 6.07) is 0. The van der Waals surface area contributed by atoms with Crippen molar-refractivity contribution in [3.63, 3.8) is 0 Å². The maximum atomic E-state index is 11.6. The average Bonchev–Trinajstić information content (AvgIpc) is 2.59. The SMILES string of the molecule is CC(C)(C)NC(=S)NNC(=O)CN1CSCC1=O. The summed E-state index contributed by atoms with van der Waals surface area (Å²) in [5.74, 6) is 0.719. The van der Waals surface area contributed by atoms with Crippen LogP contribution in [-0.4, -0.2) is 45.5 Å². The van der Waals surface area contributed by atoms with Crippen LogP contribution in [0.3, 0.4) is 0 Å². The topological polar surface area (TPSA) is 73.5 Å². The maximum Gasteiger partial charge on any atom is 0.258 e. The van der Waals surface area contributed by atoms with Crippen molar-refractivity contribution in [2.75, 3.05) is 18.2 Å². The van der Waals surface area contributed by atoms with E-state index in [0.717, 1.165) is 0 Å². The summed E-state index contributed by atoms with van der Waals surface area (Å²) in [5, 5.41) is 3.34. The molecule has 3 N–H and O–H groups in total. The van der Waals surface area contributed by atoms with Gasteiger partial charge in [0.05, 0.1) is 11.6 Å². The van der Waals surface area contributed by atoms with Crippen molar-refractivity contribution >= 4 is 40.9 Å². The quantitative estimate of drug-likeness (QED) is 0.484. The standard InChI is InChI=1S/C10H18N4O2S2/c1-10(2,3)11-9(17)13-12-7(15)4-14-6-18-5-8(14)16/h4-6H2,1-3H3,(H,12,15)(H2,11,13,17). The third-order valence-electron chi connectivity index (χ3n) is 1.96. The van der Waals surface area contributed by atoms with E-state index in [9.17, 15) is 9.59 Å². The molecule has 1 saturated heterocycles. The molecule has 102 valence electrons. The van der Waals surface area contributed by atoms with E-state index >= 15 is 0 Å². The monoisotopic (exact) mass is 290 g/mol. The molecule has 1 heterocycles. The Morgan fingerprint density at radius 3 is 2.61 bits per heavy atom. The van der Waals surface area contributed by atoms with Gasteiger partial charge in [-0.25, -0.2) is 0 Å². The molecule has 2 amide bonds. The second-order valence-electron chi connectivity index (χ2n) is 4.95. The van der Waals surface area contributed by atoms with Gasteiger partial charge in [0.1, 0.15) is 6.54 Å². The van der Waals surface area contributed by atoms with Gasteiger partial charge < -0.3 is 10.2 Å². The van der Waals surface area contributed by atoms with Gasteiger partial charge in [-0.3, -0.25) is 20.4 Å². The predicted octanol–water partition coefficient (Wildman–Crippen LogP) is -0.187. The molecular formula is C10H18N4O2S2. The first-order valence-electron chi connectivity index (χ1n) is 5.50. The Hall–Kier alpha value is -1.02. The van der Waals surface area contributed by atoms with Gasteiger partial charge in [0.2, 0.25) is 5.91 Å². The smallest absolute Gasteiger partial charge is 0.258 e. The van der Waals surface area contributed by atoms with Gasteiger partial charge in [-0.15, -0.1) is 11.8 Å². The molecule has 0 unspecified atom stereocenters. The zero-order valence-electron chi connectivity index (χ0n) is 10.7. The molecular weight excluding hydrogens is 272 g/mol.